The summed E-state index contributed by atoms with van der Waals surface area (Å²) in [4.78, 5) is 34.8. The smallest absolute Gasteiger partial charge is 0.325 e. The molecule has 1 aromatic carbocycles. The molecule has 0 saturated carbocycles. The molecule has 0 heterocycles. The molecular weight excluding hydrogens is 312 g/mol. The van der Waals surface area contributed by atoms with Gasteiger partial charge in [0.25, 0.3) is 11.8 Å². The van der Waals surface area contributed by atoms with Crippen LogP contribution in [0.15, 0.2) is 24.3 Å². The van der Waals surface area contributed by atoms with Gasteiger partial charge in [-0.25, -0.2) is 0 Å². The van der Waals surface area contributed by atoms with Gasteiger partial charge < -0.3 is 20.1 Å². The van der Waals surface area contributed by atoms with Crippen LogP contribution in [0.2, 0.25) is 0 Å². The first-order chi connectivity index (χ1) is 11.4. The minimum absolute atomic E-state index is 0.302. The van der Waals surface area contributed by atoms with Crippen LogP contribution >= 0.6 is 0 Å². The predicted octanol–water partition coefficient (Wildman–Crippen LogP) is 1.13. The van der Waals surface area contributed by atoms with E-state index in [2.05, 4.69) is 10.6 Å². The molecular formula is C17H24N2O5. The van der Waals surface area contributed by atoms with Gasteiger partial charge in [0.05, 0.1) is 6.61 Å². The minimum atomic E-state index is -0.672. The first-order valence-electron chi connectivity index (χ1n) is 7.85. The number of ether oxygens (including phenoxy) is 2. The van der Waals surface area contributed by atoms with Crippen LogP contribution in [0.5, 0.6) is 5.75 Å². The van der Waals surface area contributed by atoms with Crippen LogP contribution in [0.1, 0.15) is 31.1 Å². The van der Waals surface area contributed by atoms with Gasteiger partial charge in [-0.1, -0.05) is 13.8 Å². The Labute approximate surface area is 141 Å². The Morgan fingerprint density at radius 1 is 1.08 bits per heavy atom. The van der Waals surface area contributed by atoms with Gasteiger partial charge in [0.2, 0.25) is 0 Å². The molecule has 0 aliphatic heterocycles. The number of rotatable bonds is 9. The Kier molecular flexibility index (Phi) is 8.32. The second-order valence-electron chi connectivity index (χ2n) is 5.50. The van der Waals surface area contributed by atoms with E-state index in [9.17, 15) is 14.4 Å². The molecule has 7 nitrogen and oxygen atoms in total. The molecule has 0 atom stereocenters. The Morgan fingerprint density at radius 2 is 1.75 bits per heavy atom. The summed E-state index contributed by atoms with van der Waals surface area (Å²) in [6.07, 6.45) is 0. The van der Waals surface area contributed by atoms with E-state index >= 15 is 0 Å². The number of esters is 1. The topological polar surface area (TPSA) is 93.7 Å². The molecule has 0 aromatic heterocycles. The summed E-state index contributed by atoms with van der Waals surface area (Å²) >= 11 is 0. The maximum absolute atomic E-state index is 11.9. The summed E-state index contributed by atoms with van der Waals surface area (Å²) in [7, 11) is 0. The molecule has 7 heteroatoms. The third-order valence-corrected chi connectivity index (χ3v) is 2.89. The van der Waals surface area contributed by atoms with Crippen LogP contribution in [0.4, 0.5) is 0 Å². The van der Waals surface area contributed by atoms with Crippen molar-refractivity contribution in [2.24, 2.45) is 5.92 Å². The van der Waals surface area contributed by atoms with E-state index in [4.69, 9.17) is 9.47 Å². The van der Waals surface area contributed by atoms with Crippen molar-refractivity contribution in [3.8, 4) is 5.75 Å². The molecule has 0 unspecified atom stereocenters. The molecule has 0 saturated heterocycles. The van der Waals surface area contributed by atoms with E-state index < -0.39 is 11.9 Å². The predicted molar refractivity (Wildman–Crippen MR) is 88.8 cm³/mol. The molecule has 1 rings (SSSR count). The van der Waals surface area contributed by atoms with Crippen molar-refractivity contribution in [2.75, 3.05) is 26.3 Å². The molecule has 0 bridgehead atoms. The fourth-order valence-corrected chi connectivity index (χ4v) is 1.69. The summed E-state index contributed by atoms with van der Waals surface area (Å²) in [6, 6.07) is 6.56. The molecule has 0 spiro atoms. The second kappa shape index (κ2) is 10.3. The highest BCUT2D eigenvalue weighted by molar-refractivity contribution is 5.96. The quantitative estimate of drug-likeness (QED) is 0.659. The van der Waals surface area contributed by atoms with Gasteiger partial charge in [-0.3, -0.25) is 14.4 Å². The van der Waals surface area contributed by atoms with E-state index in [-0.39, 0.29) is 19.1 Å². The van der Waals surface area contributed by atoms with Crippen LogP contribution in [-0.2, 0) is 14.3 Å². The van der Waals surface area contributed by atoms with Gasteiger partial charge in [-0.05, 0) is 37.1 Å². The fraction of sp³-hybridized carbons (Fsp3) is 0.471. The van der Waals surface area contributed by atoms with Crippen molar-refractivity contribution in [3.05, 3.63) is 29.8 Å². The SMILES string of the molecule is CCOc1ccc(C(=O)NCC(=O)OCC(=O)NCC(C)C)cc1. The summed E-state index contributed by atoms with van der Waals surface area (Å²) in [5.74, 6) is -0.456. The average molecular weight is 336 g/mol. The van der Waals surface area contributed by atoms with Crippen molar-refractivity contribution < 1.29 is 23.9 Å². The first-order valence-corrected chi connectivity index (χ1v) is 7.85. The van der Waals surface area contributed by atoms with Crippen molar-refractivity contribution in [1.29, 1.82) is 0 Å². The Hall–Kier alpha value is -2.57. The molecule has 24 heavy (non-hydrogen) atoms. The van der Waals surface area contributed by atoms with Crippen molar-refractivity contribution >= 4 is 17.8 Å². The summed E-state index contributed by atoms with van der Waals surface area (Å²) in [5.41, 5.74) is 0.404. The summed E-state index contributed by atoms with van der Waals surface area (Å²) < 4.78 is 10.1. The monoisotopic (exact) mass is 336 g/mol. The van der Waals surface area contributed by atoms with Crippen LogP contribution in [0.25, 0.3) is 0 Å². The Bertz CT molecular complexity index is 555. The molecule has 0 radical (unpaired) electrons. The highest BCUT2D eigenvalue weighted by Crippen LogP contribution is 2.11. The van der Waals surface area contributed by atoms with E-state index in [1.54, 1.807) is 24.3 Å². The van der Waals surface area contributed by atoms with E-state index in [0.29, 0.717) is 30.4 Å². The van der Waals surface area contributed by atoms with E-state index in [1.807, 2.05) is 20.8 Å². The lowest BCUT2D eigenvalue weighted by atomic mass is 10.2. The standard InChI is InChI=1S/C17H24N2O5/c1-4-23-14-7-5-13(6-8-14)17(22)19-10-16(21)24-11-15(20)18-9-12(2)3/h5-8,12H,4,9-11H2,1-3H3,(H,18,20)(H,19,22). The molecule has 2 N–H and O–H groups in total. The zero-order valence-corrected chi connectivity index (χ0v) is 14.3. The normalized spacial score (nSPS) is 10.2. The maximum Gasteiger partial charge on any atom is 0.325 e. The Balaban J connectivity index is 2.30. The van der Waals surface area contributed by atoms with Gasteiger partial charge in [0, 0.05) is 12.1 Å². The number of carbonyl (C=O) groups is 3. The average Bonchev–Trinajstić information content (AvgIpc) is 2.56. The minimum Gasteiger partial charge on any atom is -0.494 e. The lowest BCUT2D eigenvalue weighted by molar-refractivity contribution is -0.147. The molecule has 1 aromatic rings. The Morgan fingerprint density at radius 3 is 2.33 bits per heavy atom. The van der Waals surface area contributed by atoms with E-state index in [0.717, 1.165) is 0 Å². The van der Waals surface area contributed by atoms with Crippen molar-refractivity contribution in [3.63, 3.8) is 0 Å². The van der Waals surface area contributed by atoms with Gasteiger partial charge in [0.15, 0.2) is 6.61 Å². The number of carbonyl (C=O) groups excluding carboxylic acids is 3. The second-order valence-corrected chi connectivity index (χ2v) is 5.50. The summed E-state index contributed by atoms with van der Waals surface area (Å²) in [5, 5.41) is 5.07. The van der Waals surface area contributed by atoms with Crippen LogP contribution in [0.3, 0.4) is 0 Å². The largest absolute Gasteiger partial charge is 0.494 e. The zero-order valence-electron chi connectivity index (χ0n) is 14.3. The fourth-order valence-electron chi connectivity index (χ4n) is 1.69. The van der Waals surface area contributed by atoms with Crippen molar-refractivity contribution in [2.45, 2.75) is 20.8 Å². The van der Waals surface area contributed by atoms with Gasteiger partial charge >= 0.3 is 5.97 Å². The number of amides is 2. The van der Waals surface area contributed by atoms with Crippen LogP contribution in [0, 0.1) is 5.92 Å². The number of hydrogen-bond acceptors (Lipinski definition) is 5. The van der Waals surface area contributed by atoms with Crippen LogP contribution < -0.4 is 15.4 Å². The molecule has 0 aliphatic carbocycles. The molecule has 132 valence electrons. The maximum atomic E-state index is 11.9. The third-order valence-electron chi connectivity index (χ3n) is 2.89. The lowest BCUT2D eigenvalue weighted by Gasteiger charge is -2.09. The highest BCUT2D eigenvalue weighted by atomic mass is 16.5. The molecule has 0 fully saturated rings. The van der Waals surface area contributed by atoms with Gasteiger partial charge in [0.1, 0.15) is 12.3 Å². The van der Waals surface area contributed by atoms with Crippen molar-refractivity contribution in [1.82, 2.24) is 10.6 Å². The van der Waals surface area contributed by atoms with E-state index in [1.165, 1.54) is 0 Å². The highest BCUT2D eigenvalue weighted by Gasteiger charge is 2.11. The number of benzene rings is 1. The number of nitrogens with one attached hydrogen (secondary N) is 2. The summed E-state index contributed by atoms with van der Waals surface area (Å²) in [6.45, 7) is 6.20. The molecule has 2 amide bonds. The lowest BCUT2D eigenvalue weighted by Crippen LogP contribution is -2.35. The van der Waals surface area contributed by atoms with Gasteiger partial charge in [-0.2, -0.15) is 0 Å². The zero-order chi connectivity index (χ0) is 17.9. The first kappa shape index (κ1) is 19.5. The van der Waals surface area contributed by atoms with Gasteiger partial charge in [-0.15, -0.1) is 0 Å². The third kappa shape index (κ3) is 7.62. The van der Waals surface area contributed by atoms with Crippen LogP contribution in [-0.4, -0.2) is 44.1 Å². The molecule has 0 aliphatic rings. The number of hydrogen-bond donors (Lipinski definition) is 2.